The van der Waals surface area contributed by atoms with Gasteiger partial charge in [0.25, 0.3) is 11.1 Å². The van der Waals surface area contributed by atoms with Crippen LogP contribution >= 0.6 is 23.4 Å². The highest BCUT2D eigenvalue weighted by Crippen LogP contribution is 2.36. The third-order valence-corrected chi connectivity index (χ3v) is 4.49. The van der Waals surface area contributed by atoms with Crippen LogP contribution in [0.3, 0.4) is 0 Å². The van der Waals surface area contributed by atoms with Gasteiger partial charge in [0.1, 0.15) is 0 Å². The Morgan fingerprint density at radius 2 is 1.88 bits per heavy atom. The molecule has 7 heteroatoms. The van der Waals surface area contributed by atoms with Crippen molar-refractivity contribution in [2.75, 3.05) is 10.2 Å². The zero-order valence-electron chi connectivity index (χ0n) is 13.2. The van der Waals surface area contributed by atoms with Gasteiger partial charge in [0, 0.05) is 17.6 Å². The van der Waals surface area contributed by atoms with Gasteiger partial charge >= 0.3 is 0 Å². The fourth-order valence-corrected chi connectivity index (χ4v) is 3.38. The number of rotatable bonds is 3. The lowest BCUT2D eigenvalue weighted by atomic mass is 10.2. The smallest absolute Gasteiger partial charge is 0.298 e. The number of hydrogen-bond donors (Lipinski definition) is 1. The van der Waals surface area contributed by atoms with Gasteiger partial charge in [0.05, 0.1) is 10.6 Å². The minimum absolute atomic E-state index is 0.191. The van der Waals surface area contributed by atoms with Crippen LogP contribution in [-0.4, -0.2) is 17.1 Å². The van der Waals surface area contributed by atoms with E-state index in [0.717, 1.165) is 22.2 Å². The Morgan fingerprint density at radius 3 is 2.52 bits per heavy atom. The molecule has 0 aromatic heterocycles. The van der Waals surface area contributed by atoms with E-state index >= 15 is 0 Å². The van der Waals surface area contributed by atoms with Gasteiger partial charge in [-0.25, -0.2) is 4.90 Å². The Labute approximate surface area is 153 Å². The number of anilines is 2. The quantitative estimate of drug-likeness (QED) is 0.803. The van der Waals surface area contributed by atoms with Crippen molar-refractivity contribution in [2.24, 2.45) is 0 Å². The molecule has 25 heavy (non-hydrogen) atoms. The molecule has 1 saturated heterocycles. The molecule has 0 unspecified atom stereocenters. The predicted octanol–water partition coefficient (Wildman–Crippen LogP) is 4.54. The van der Waals surface area contributed by atoms with Gasteiger partial charge in [-0.3, -0.25) is 14.4 Å². The molecule has 1 heterocycles. The highest BCUT2D eigenvalue weighted by molar-refractivity contribution is 8.19. The van der Waals surface area contributed by atoms with Crippen LogP contribution in [0.4, 0.5) is 16.2 Å². The molecule has 126 valence electrons. The van der Waals surface area contributed by atoms with Crippen molar-refractivity contribution < 1.29 is 14.4 Å². The number of imide groups is 1. The fraction of sp³-hybridized carbons (Fsp3) is 0.0556. The van der Waals surface area contributed by atoms with E-state index in [4.69, 9.17) is 11.6 Å². The highest BCUT2D eigenvalue weighted by atomic mass is 35.5. The first-order valence-corrected chi connectivity index (χ1v) is 8.54. The normalized spacial score (nSPS) is 15.8. The Bertz CT molecular complexity index is 893. The second-order valence-electron chi connectivity index (χ2n) is 5.30. The van der Waals surface area contributed by atoms with E-state index in [1.807, 2.05) is 6.07 Å². The van der Waals surface area contributed by atoms with Crippen molar-refractivity contribution in [2.45, 2.75) is 6.92 Å². The number of carbonyl (C=O) groups is 3. The molecule has 0 aliphatic carbocycles. The average Bonchev–Trinajstić information content (AvgIpc) is 2.82. The lowest BCUT2D eigenvalue weighted by Crippen LogP contribution is -2.27. The molecule has 0 saturated carbocycles. The lowest BCUT2D eigenvalue weighted by molar-refractivity contribution is -0.114. The molecule has 2 aromatic rings. The first-order chi connectivity index (χ1) is 11.9. The fourth-order valence-electron chi connectivity index (χ4n) is 2.34. The molecule has 0 radical (unpaired) electrons. The van der Waals surface area contributed by atoms with Gasteiger partial charge in [0.2, 0.25) is 5.91 Å². The average molecular weight is 373 g/mol. The number of amides is 3. The minimum Gasteiger partial charge on any atom is -0.326 e. The summed E-state index contributed by atoms with van der Waals surface area (Å²) in [5, 5.41) is 2.82. The van der Waals surface area contributed by atoms with Crippen molar-refractivity contribution in [1.29, 1.82) is 0 Å². The van der Waals surface area contributed by atoms with Crippen LogP contribution < -0.4 is 10.2 Å². The van der Waals surface area contributed by atoms with Gasteiger partial charge in [0.15, 0.2) is 0 Å². The molecule has 1 fully saturated rings. The van der Waals surface area contributed by atoms with Gasteiger partial charge in [-0.1, -0.05) is 23.7 Å². The van der Waals surface area contributed by atoms with Crippen molar-refractivity contribution in [1.82, 2.24) is 0 Å². The Hall–Kier alpha value is -2.57. The third-order valence-electron chi connectivity index (χ3n) is 3.39. The minimum atomic E-state index is -0.387. The highest BCUT2D eigenvalue weighted by Gasteiger charge is 2.36. The van der Waals surface area contributed by atoms with E-state index in [9.17, 15) is 14.4 Å². The predicted molar refractivity (Wildman–Crippen MR) is 101 cm³/mol. The number of hydrogen-bond acceptors (Lipinski definition) is 4. The van der Waals surface area contributed by atoms with Crippen LogP contribution in [0, 0.1) is 0 Å². The van der Waals surface area contributed by atoms with Gasteiger partial charge < -0.3 is 5.32 Å². The largest absolute Gasteiger partial charge is 0.326 e. The SMILES string of the molecule is CC(=O)Nc1ccc(N2C(=O)S/C(=C\c3cccc(Cl)c3)C2=O)cc1. The van der Waals surface area contributed by atoms with E-state index in [2.05, 4.69) is 5.32 Å². The summed E-state index contributed by atoms with van der Waals surface area (Å²) in [6.45, 7) is 1.41. The third kappa shape index (κ3) is 3.92. The van der Waals surface area contributed by atoms with E-state index in [0.29, 0.717) is 21.3 Å². The maximum Gasteiger partial charge on any atom is 0.298 e. The second-order valence-corrected chi connectivity index (χ2v) is 6.73. The van der Waals surface area contributed by atoms with Gasteiger partial charge in [-0.2, -0.15) is 0 Å². The Kier molecular flexibility index (Phi) is 4.92. The van der Waals surface area contributed by atoms with Crippen LogP contribution in [0.25, 0.3) is 6.08 Å². The van der Waals surface area contributed by atoms with Crippen molar-refractivity contribution >= 4 is 57.9 Å². The zero-order chi connectivity index (χ0) is 18.0. The first-order valence-electron chi connectivity index (χ1n) is 7.35. The van der Waals surface area contributed by atoms with E-state index in [1.54, 1.807) is 48.5 Å². The molecule has 3 rings (SSSR count). The molecule has 0 bridgehead atoms. The topological polar surface area (TPSA) is 66.5 Å². The summed E-state index contributed by atoms with van der Waals surface area (Å²) in [7, 11) is 0. The molecule has 5 nitrogen and oxygen atoms in total. The number of carbonyl (C=O) groups excluding carboxylic acids is 3. The summed E-state index contributed by atoms with van der Waals surface area (Å²) in [4.78, 5) is 37.3. The van der Waals surface area contributed by atoms with Gasteiger partial charge in [-0.05, 0) is 59.8 Å². The maximum absolute atomic E-state index is 12.6. The van der Waals surface area contributed by atoms with Crippen molar-refractivity contribution in [3.63, 3.8) is 0 Å². The van der Waals surface area contributed by atoms with Crippen molar-refractivity contribution in [3.05, 3.63) is 64.0 Å². The molecule has 1 N–H and O–H groups in total. The van der Waals surface area contributed by atoms with E-state index in [1.165, 1.54) is 6.92 Å². The van der Waals surface area contributed by atoms with Crippen LogP contribution in [0.1, 0.15) is 12.5 Å². The molecule has 1 aliphatic rings. The molecule has 3 amide bonds. The molecule has 2 aromatic carbocycles. The second kappa shape index (κ2) is 7.13. The monoisotopic (exact) mass is 372 g/mol. The summed E-state index contributed by atoms with van der Waals surface area (Å²) in [6, 6.07) is 13.6. The molecular weight excluding hydrogens is 360 g/mol. The number of nitrogens with one attached hydrogen (secondary N) is 1. The first kappa shape index (κ1) is 17.3. The number of thioether (sulfide) groups is 1. The summed E-state index contributed by atoms with van der Waals surface area (Å²) < 4.78 is 0. The van der Waals surface area contributed by atoms with Crippen LogP contribution in [-0.2, 0) is 9.59 Å². The van der Waals surface area contributed by atoms with Crippen LogP contribution in [0.5, 0.6) is 0 Å². The standard InChI is InChI=1S/C18H13ClN2O3S/c1-11(22)20-14-5-7-15(8-6-14)21-17(23)16(25-18(21)24)10-12-3-2-4-13(19)9-12/h2-10H,1H3,(H,20,22)/b16-10-. The Morgan fingerprint density at radius 1 is 1.16 bits per heavy atom. The summed E-state index contributed by atoms with van der Waals surface area (Å²) >= 11 is 6.82. The molecular formula is C18H13ClN2O3S. The van der Waals surface area contributed by atoms with Crippen LogP contribution in [0.15, 0.2) is 53.4 Å². The Balaban J connectivity index is 1.85. The van der Waals surface area contributed by atoms with E-state index < -0.39 is 0 Å². The van der Waals surface area contributed by atoms with Crippen molar-refractivity contribution in [3.8, 4) is 0 Å². The summed E-state index contributed by atoms with van der Waals surface area (Å²) in [5.74, 6) is -0.578. The van der Waals surface area contributed by atoms with Crippen LogP contribution in [0.2, 0.25) is 5.02 Å². The van der Waals surface area contributed by atoms with Gasteiger partial charge in [-0.15, -0.1) is 0 Å². The summed E-state index contributed by atoms with van der Waals surface area (Å²) in [5.41, 5.74) is 1.79. The molecule has 0 atom stereocenters. The number of nitrogens with zero attached hydrogens (tertiary/aromatic N) is 1. The number of benzene rings is 2. The number of halogens is 1. The molecule has 0 spiro atoms. The molecule has 1 aliphatic heterocycles. The summed E-state index contributed by atoms with van der Waals surface area (Å²) in [6.07, 6.45) is 1.64. The maximum atomic E-state index is 12.6. The zero-order valence-corrected chi connectivity index (χ0v) is 14.7. The van der Waals surface area contributed by atoms with E-state index in [-0.39, 0.29) is 17.1 Å². The lowest BCUT2D eigenvalue weighted by Gasteiger charge is -2.13.